The molecule has 1 saturated heterocycles. The first kappa shape index (κ1) is 11.6. The minimum atomic E-state index is 0.931. The van der Waals surface area contributed by atoms with Gasteiger partial charge in [-0.05, 0) is 12.5 Å². The largest absolute Gasteiger partial charge is 0.343 e. The Morgan fingerprint density at radius 2 is 1.65 bits per heavy atom. The molecule has 0 unspecified atom stereocenters. The molecule has 0 N–H and O–H groups in total. The van der Waals surface area contributed by atoms with Crippen LogP contribution in [0.4, 0.5) is 0 Å². The van der Waals surface area contributed by atoms with Crippen LogP contribution in [-0.2, 0) is 0 Å². The summed E-state index contributed by atoms with van der Waals surface area (Å²) in [6.07, 6.45) is 0. The van der Waals surface area contributed by atoms with Crippen LogP contribution in [0.1, 0.15) is 12.5 Å². The molecular formula is C13H18N4. The number of guanidine groups is 1. The van der Waals surface area contributed by atoms with Crippen molar-refractivity contribution in [2.24, 2.45) is 10.2 Å². The van der Waals surface area contributed by atoms with Crippen LogP contribution in [0, 0.1) is 0 Å². The average molecular weight is 230 g/mol. The van der Waals surface area contributed by atoms with Crippen molar-refractivity contribution in [2.75, 3.05) is 27.2 Å². The third kappa shape index (κ3) is 2.64. The van der Waals surface area contributed by atoms with Crippen molar-refractivity contribution < 1.29 is 0 Å². The molecule has 1 heterocycles. The Kier molecular flexibility index (Phi) is 3.42. The molecule has 0 spiro atoms. The van der Waals surface area contributed by atoms with Gasteiger partial charge in [0.1, 0.15) is 0 Å². The van der Waals surface area contributed by atoms with Gasteiger partial charge in [-0.15, -0.1) is 5.10 Å². The van der Waals surface area contributed by atoms with Crippen LogP contribution in [-0.4, -0.2) is 48.7 Å². The first-order valence-electron chi connectivity index (χ1n) is 5.78. The quantitative estimate of drug-likeness (QED) is 0.571. The Balaban J connectivity index is 2.18. The van der Waals surface area contributed by atoms with E-state index >= 15 is 0 Å². The lowest BCUT2D eigenvalue weighted by molar-refractivity contribution is 0.553. The van der Waals surface area contributed by atoms with E-state index in [0.717, 1.165) is 30.3 Å². The summed E-state index contributed by atoms with van der Waals surface area (Å²) in [5.74, 6) is 0.931. The zero-order chi connectivity index (χ0) is 12.3. The van der Waals surface area contributed by atoms with Gasteiger partial charge in [0, 0.05) is 27.2 Å². The molecule has 0 radical (unpaired) electrons. The minimum Gasteiger partial charge on any atom is -0.343 e. The topological polar surface area (TPSA) is 31.2 Å². The molecule has 1 fully saturated rings. The molecule has 0 saturated carbocycles. The Labute approximate surface area is 102 Å². The fourth-order valence-electron chi connectivity index (χ4n) is 1.80. The van der Waals surface area contributed by atoms with Crippen LogP contribution >= 0.6 is 0 Å². The van der Waals surface area contributed by atoms with Crippen molar-refractivity contribution in [3.8, 4) is 0 Å². The lowest BCUT2D eigenvalue weighted by atomic mass is 10.1. The number of likely N-dealkylation sites (N-methyl/N-ethyl adjacent to an activating group) is 2. The fraction of sp³-hybridized carbons (Fsp3) is 0.385. The molecule has 0 aliphatic carbocycles. The molecule has 4 nitrogen and oxygen atoms in total. The van der Waals surface area contributed by atoms with Gasteiger partial charge in [-0.2, -0.15) is 5.10 Å². The Morgan fingerprint density at radius 3 is 2.24 bits per heavy atom. The van der Waals surface area contributed by atoms with Crippen molar-refractivity contribution in [2.45, 2.75) is 6.92 Å². The number of nitrogens with zero attached hydrogens (tertiary/aromatic N) is 4. The molecule has 0 amide bonds. The van der Waals surface area contributed by atoms with Gasteiger partial charge in [-0.1, -0.05) is 30.3 Å². The van der Waals surface area contributed by atoms with Crippen molar-refractivity contribution in [1.29, 1.82) is 0 Å². The molecule has 1 aromatic rings. The van der Waals surface area contributed by atoms with Crippen molar-refractivity contribution in [1.82, 2.24) is 9.80 Å². The van der Waals surface area contributed by atoms with Crippen LogP contribution in [0.25, 0.3) is 0 Å². The maximum atomic E-state index is 4.32. The molecule has 1 aliphatic rings. The first-order valence-corrected chi connectivity index (χ1v) is 5.78. The van der Waals surface area contributed by atoms with Crippen molar-refractivity contribution >= 4 is 11.7 Å². The van der Waals surface area contributed by atoms with E-state index in [-0.39, 0.29) is 0 Å². The second-order valence-electron chi connectivity index (χ2n) is 4.29. The zero-order valence-electron chi connectivity index (χ0n) is 10.6. The second kappa shape index (κ2) is 4.99. The summed E-state index contributed by atoms with van der Waals surface area (Å²) in [5, 5.41) is 8.62. The van der Waals surface area contributed by atoms with E-state index < -0.39 is 0 Å². The van der Waals surface area contributed by atoms with Crippen molar-refractivity contribution in [3.63, 3.8) is 0 Å². The molecule has 1 aromatic carbocycles. The second-order valence-corrected chi connectivity index (χ2v) is 4.29. The number of rotatable bonds is 2. The standard InChI is InChI=1S/C13H18N4/c1-11(12-7-5-4-6-8-12)14-15-13-16(2)9-10-17(13)3/h4-8H,9-10H2,1-3H3/b14-11+. The summed E-state index contributed by atoms with van der Waals surface area (Å²) in [4.78, 5) is 4.23. The number of hydrogen-bond donors (Lipinski definition) is 0. The average Bonchev–Trinajstić information content (AvgIpc) is 2.67. The summed E-state index contributed by atoms with van der Waals surface area (Å²) in [6.45, 7) is 4.00. The summed E-state index contributed by atoms with van der Waals surface area (Å²) >= 11 is 0. The maximum absolute atomic E-state index is 4.32. The highest BCUT2D eigenvalue weighted by atomic mass is 15.5. The normalized spacial score (nSPS) is 16.6. The van der Waals surface area contributed by atoms with E-state index in [1.54, 1.807) is 0 Å². The molecule has 90 valence electrons. The van der Waals surface area contributed by atoms with Gasteiger partial charge in [0.25, 0.3) is 0 Å². The highest BCUT2D eigenvalue weighted by Crippen LogP contribution is 2.05. The highest BCUT2D eigenvalue weighted by molar-refractivity contribution is 5.99. The molecule has 4 heteroatoms. The Morgan fingerprint density at radius 1 is 1.06 bits per heavy atom. The minimum absolute atomic E-state index is 0.931. The van der Waals surface area contributed by atoms with Gasteiger partial charge >= 0.3 is 0 Å². The van der Waals surface area contributed by atoms with Crippen LogP contribution in [0.2, 0.25) is 0 Å². The van der Waals surface area contributed by atoms with Crippen LogP contribution in [0.15, 0.2) is 40.5 Å². The molecule has 0 atom stereocenters. The van der Waals surface area contributed by atoms with E-state index in [4.69, 9.17) is 0 Å². The third-order valence-corrected chi connectivity index (χ3v) is 2.93. The van der Waals surface area contributed by atoms with Crippen LogP contribution < -0.4 is 0 Å². The maximum Gasteiger partial charge on any atom is 0.221 e. The van der Waals surface area contributed by atoms with Gasteiger partial charge in [0.15, 0.2) is 0 Å². The summed E-state index contributed by atoms with van der Waals surface area (Å²) in [7, 11) is 4.07. The highest BCUT2D eigenvalue weighted by Gasteiger charge is 2.19. The van der Waals surface area contributed by atoms with Gasteiger partial charge in [0.05, 0.1) is 5.71 Å². The van der Waals surface area contributed by atoms with Gasteiger partial charge in [-0.25, -0.2) is 0 Å². The predicted molar refractivity (Wildman–Crippen MR) is 71.3 cm³/mol. The summed E-state index contributed by atoms with van der Waals surface area (Å²) < 4.78 is 0. The van der Waals surface area contributed by atoms with E-state index in [9.17, 15) is 0 Å². The molecule has 0 bridgehead atoms. The van der Waals surface area contributed by atoms with Gasteiger partial charge < -0.3 is 9.80 Å². The predicted octanol–water partition coefficient (Wildman–Crippen LogP) is 1.64. The third-order valence-electron chi connectivity index (χ3n) is 2.93. The molecule has 0 aromatic heterocycles. The van der Waals surface area contributed by atoms with Gasteiger partial charge in [0.2, 0.25) is 5.96 Å². The number of hydrogen-bond acceptors (Lipinski definition) is 2. The molecule has 1 aliphatic heterocycles. The molecule has 17 heavy (non-hydrogen) atoms. The van der Waals surface area contributed by atoms with Gasteiger partial charge in [-0.3, -0.25) is 0 Å². The summed E-state index contributed by atoms with van der Waals surface area (Å²) in [6, 6.07) is 10.1. The van der Waals surface area contributed by atoms with E-state index in [2.05, 4.69) is 20.0 Å². The lowest BCUT2D eigenvalue weighted by Gasteiger charge is -2.13. The Hall–Kier alpha value is -1.84. The molecular weight excluding hydrogens is 212 g/mol. The Bertz CT molecular complexity index is 424. The summed E-state index contributed by atoms with van der Waals surface area (Å²) in [5.41, 5.74) is 2.05. The van der Waals surface area contributed by atoms with Crippen LogP contribution in [0.5, 0.6) is 0 Å². The zero-order valence-corrected chi connectivity index (χ0v) is 10.6. The fourth-order valence-corrected chi connectivity index (χ4v) is 1.80. The smallest absolute Gasteiger partial charge is 0.221 e. The van der Waals surface area contributed by atoms with Crippen molar-refractivity contribution in [3.05, 3.63) is 35.9 Å². The van der Waals surface area contributed by atoms with E-state index in [0.29, 0.717) is 0 Å². The first-order chi connectivity index (χ1) is 8.18. The van der Waals surface area contributed by atoms with E-state index in [1.807, 2.05) is 51.4 Å². The molecule has 2 rings (SSSR count). The SMILES string of the molecule is C/C(=N\N=C1N(C)CCN1C)c1ccccc1. The lowest BCUT2D eigenvalue weighted by Crippen LogP contribution is -2.27. The monoisotopic (exact) mass is 230 g/mol. The van der Waals surface area contributed by atoms with E-state index in [1.165, 1.54) is 0 Å². The van der Waals surface area contributed by atoms with Crippen LogP contribution in [0.3, 0.4) is 0 Å². The number of benzene rings is 1.